The lowest BCUT2D eigenvalue weighted by Gasteiger charge is -2.20. The molecule has 1 atom stereocenters. The van der Waals surface area contributed by atoms with Gasteiger partial charge in [-0.15, -0.1) is 0 Å². The summed E-state index contributed by atoms with van der Waals surface area (Å²) in [5.41, 5.74) is 4.25. The molecule has 1 saturated carbocycles. The normalized spacial score (nSPS) is 16.8. The Balaban J connectivity index is 1.63. The highest BCUT2D eigenvalue weighted by molar-refractivity contribution is 5.78. The highest BCUT2D eigenvalue weighted by Crippen LogP contribution is 2.24. The number of rotatable bonds is 5. The predicted octanol–water partition coefficient (Wildman–Crippen LogP) is 4.62. The van der Waals surface area contributed by atoms with Gasteiger partial charge in [0.2, 0.25) is 5.91 Å². The van der Waals surface area contributed by atoms with Gasteiger partial charge in [0.15, 0.2) is 0 Å². The minimum absolute atomic E-state index is 0.0352. The molecule has 0 aromatic heterocycles. The van der Waals surface area contributed by atoms with Gasteiger partial charge in [0.05, 0.1) is 1.37 Å². The van der Waals surface area contributed by atoms with Crippen LogP contribution in [-0.2, 0) is 11.3 Å². The lowest BCUT2D eigenvalue weighted by atomic mass is 9.88. The van der Waals surface area contributed by atoms with E-state index >= 15 is 0 Å². The summed E-state index contributed by atoms with van der Waals surface area (Å²) in [5.74, 6) is 0.124. The third kappa shape index (κ3) is 4.62. The molecule has 0 radical (unpaired) electrons. The fourth-order valence-corrected chi connectivity index (χ4v) is 3.36. The van der Waals surface area contributed by atoms with Crippen LogP contribution >= 0.6 is 0 Å². The number of anilines is 1. The Morgan fingerprint density at radius 2 is 1.56 bits per heavy atom. The third-order valence-electron chi connectivity index (χ3n) is 4.98. The van der Waals surface area contributed by atoms with E-state index in [2.05, 4.69) is 34.5 Å². The van der Waals surface area contributed by atoms with Crippen LogP contribution in [0.15, 0.2) is 48.5 Å². The van der Waals surface area contributed by atoms with Gasteiger partial charge in [0.1, 0.15) is 0 Å². The molecule has 0 spiro atoms. The van der Waals surface area contributed by atoms with Crippen LogP contribution in [0.4, 0.5) is 5.69 Å². The number of hydrogen-bond acceptors (Lipinski definition) is 2. The van der Waals surface area contributed by atoms with Gasteiger partial charge >= 0.3 is 0 Å². The van der Waals surface area contributed by atoms with Crippen molar-refractivity contribution in [2.45, 2.75) is 38.6 Å². The van der Waals surface area contributed by atoms with Crippen LogP contribution in [0.25, 0.3) is 11.1 Å². The number of carbonyl (C=O) groups excluding carboxylic acids is 1. The van der Waals surface area contributed by atoms with Crippen LogP contribution in [0.1, 0.15) is 39.0 Å². The molecule has 3 nitrogen and oxygen atoms in total. The first kappa shape index (κ1) is 16.2. The van der Waals surface area contributed by atoms with Gasteiger partial charge < -0.3 is 10.2 Å². The largest absolute Gasteiger partial charge is 0.378 e. The van der Waals surface area contributed by atoms with E-state index in [1.54, 1.807) is 0 Å². The minimum atomic E-state index is -0.699. The van der Waals surface area contributed by atoms with Crippen LogP contribution in [0.2, 0.25) is 0 Å². The number of nitrogens with one attached hydrogen (secondary N) is 1. The van der Waals surface area contributed by atoms with E-state index in [4.69, 9.17) is 1.37 Å². The molecule has 1 amide bonds. The Morgan fingerprint density at radius 3 is 2.12 bits per heavy atom. The fourth-order valence-electron chi connectivity index (χ4n) is 3.36. The summed E-state index contributed by atoms with van der Waals surface area (Å²) in [6.07, 6.45) is 5.40. The zero-order chi connectivity index (χ0) is 18.5. The summed E-state index contributed by atoms with van der Waals surface area (Å²) in [6, 6.07) is 16.3. The maximum Gasteiger partial charge on any atom is 0.223 e. The topological polar surface area (TPSA) is 32.3 Å². The predicted molar refractivity (Wildman–Crippen MR) is 105 cm³/mol. The smallest absolute Gasteiger partial charge is 0.223 e. The van der Waals surface area contributed by atoms with Crippen molar-refractivity contribution in [1.29, 1.82) is 0 Å². The van der Waals surface area contributed by atoms with Crippen molar-refractivity contribution >= 4 is 11.6 Å². The molecule has 1 aliphatic rings. The van der Waals surface area contributed by atoms with Crippen molar-refractivity contribution in [3.63, 3.8) is 0 Å². The fraction of sp³-hybridized carbons (Fsp3) is 0.409. The zero-order valence-electron chi connectivity index (χ0n) is 16.2. The molecule has 0 saturated heterocycles. The Hall–Kier alpha value is -2.29. The molecule has 1 fully saturated rings. The second-order valence-electron chi connectivity index (χ2n) is 7.05. The van der Waals surface area contributed by atoms with Crippen LogP contribution in [0.5, 0.6) is 0 Å². The second-order valence-corrected chi connectivity index (χ2v) is 7.05. The molecule has 0 bridgehead atoms. The van der Waals surface area contributed by atoms with Crippen LogP contribution in [0.3, 0.4) is 0 Å². The maximum absolute atomic E-state index is 12.3. The van der Waals surface area contributed by atoms with Gasteiger partial charge in [0.25, 0.3) is 0 Å². The number of carbonyl (C=O) groups is 1. The van der Waals surface area contributed by atoms with Gasteiger partial charge in [-0.2, -0.15) is 0 Å². The number of benzene rings is 2. The van der Waals surface area contributed by atoms with Crippen molar-refractivity contribution in [2.75, 3.05) is 19.0 Å². The quantitative estimate of drug-likeness (QED) is 0.863. The van der Waals surface area contributed by atoms with E-state index in [0.717, 1.165) is 42.4 Å². The van der Waals surface area contributed by atoms with Crippen molar-refractivity contribution in [3.05, 3.63) is 54.1 Å². The molecular formula is C22H28N2O. The van der Waals surface area contributed by atoms with E-state index in [1.165, 1.54) is 12.1 Å². The molecule has 2 aromatic carbocycles. The molecule has 1 aliphatic carbocycles. The number of hydrogen-bond donors (Lipinski definition) is 1. The summed E-state index contributed by atoms with van der Waals surface area (Å²) in [6.45, 7) is -0.699. The molecule has 3 heteroatoms. The molecule has 132 valence electrons. The number of amides is 1. The van der Waals surface area contributed by atoms with Gasteiger partial charge in [-0.3, -0.25) is 4.79 Å². The van der Waals surface area contributed by atoms with Gasteiger partial charge in [-0.1, -0.05) is 55.7 Å². The van der Waals surface area contributed by atoms with Gasteiger partial charge in [0, 0.05) is 32.2 Å². The van der Waals surface area contributed by atoms with E-state index in [-0.39, 0.29) is 11.8 Å². The molecule has 1 N–H and O–H groups in total. The third-order valence-corrected chi connectivity index (χ3v) is 4.98. The van der Waals surface area contributed by atoms with Crippen molar-refractivity contribution < 1.29 is 6.17 Å². The first-order valence-corrected chi connectivity index (χ1v) is 9.15. The Kier molecular flexibility index (Phi) is 5.31. The Morgan fingerprint density at radius 1 is 1.00 bits per heavy atom. The average molecular weight is 337 g/mol. The highest BCUT2D eigenvalue weighted by atomic mass is 16.1. The summed E-state index contributed by atoms with van der Waals surface area (Å²) >= 11 is 0. The molecular weight excluding hydrogens is 308 g/mol. The molecule has 0 heterocycles. The summed E-state index contributed by atoms with van der Waals surface area (Å²) in [7, 11) is 4.06. The molecule has 0 aliphatic heterocycles. The Labute approximate surface area is 152 Å². The van der Waals surface area contributed by atoms with Gasteiger partial charge in [-0.25, -0.2) is 0 Å². The van der Waals surface area contributed by atoms with Crippen molar-refractivity contribution in [1.82, 2.24) is 5.32 Å². The molecule has 2 aromatic rings. The molecule has 3 rings (SSSR count). The van der Waals surface area contributed by atoms with E-state index in [9.17, 15) is 4.79 Å². The minimum Gasteiger partial charge on any atom is -0.378 e. The standard InChI is InChI=1S/C22H28N2O/c1-24(2)21-14-12-19(13-15-21)18-10-8-17(9-11-18)16-23-22(25)20-6-4-3-5-7-20/h8-15,20H,3-7,16H2,1-2H3,(H,23,25)/i16D. The zero-order valence-corrected chi connectivity index (χ0v) is 15.2. The van der Waals surface area contributed by atoms with Crippen molar-refractivity contribution in [2.24, 2.45) is 5.92 Å². The van der Waals surface area contributed by atoms with Crippen molar-refractivity contribution in [3.8, 4) is 11.1 Å². The average Bonchev–Trinajstić information content (AvgIpc) is 2.69. The maximum atomic E-state index is 12.3. The molecule has 25 heavy (non-hydrogen) atoms. The SMILES string of the molecule is [2H]C(NC(=O)C1CCCCC1)c1ccc(-c2ccc(N(C)C)cc2)cc1. The summed E-state index contributed by atoms with van der Waals surface area (Å²) in [5, 5.41) is 2.87. The van der Waals surface area contributed by atoms with Gasteiger partial charge in [-0.05, 0) is 41.7 Å². The summed E-state index contributed by atoms with van der Waals surface area (Å²) < 4.78 is 8.28. The summed E-state index contributed by atoms with van der Waals surface area (Å²) in [4.78, 5) is 14.4. The Bertz CT molecular complexity index is 719. The van der Waals surface area contributed by atoms with Crippen LogP contribution in [-0.4, -0.2) is 20.0 Å². The van der Waals surface area contributed by atoms with Crippen LogP contribution < -0.4 is 10.2 Å². The lowest BCUT2D eigenvalue weighted by Crippen LogP contribution is -2.31. The second kappa shape index (κ2) is 8.19. The first-order valence-electron chi connectivity index (χ1n) is 9.72. The lowest BCUT2D eigenvalue weighted by molar-refractivity contribution is -0.126. The van der Waals surface area contributed by atoms with E-state index < -0.39 is 6.52 Å². The molecule has 1 unspecified atom stereocenters. The monoisotopic (exact) mass is 337 g/mol. The highest BCUT2D eigenvalue weighted by Gasteiger charge is 2.20. The van der Waals surface area contributed by atoms with Crippen LogP contribution in [0, 0.1) is 5.92 Å². The first-order chi connectivity index (χ1) is 12.5. The van der Waals surface area contributed by atoms with E-state index in [0.29, 0.717) is 0 Å². The van der Waals surface area contributed by atoms with E-state index in [1.807, 2.05) is 38.4 Å². The number of nitrogens with zero attached hydrogens (tertiary/aromatic N) is 1.